The fraction of sp³-hybridized carbons (Fsp3) is 0.125. The molecule has 1 fully saturated rings. The number of para-hydroxylation sites is 2. The Balaban J connectivity index is 1.42. The van der Waals surface area contributed by atoms with E-state index < -0.39 is 23.2 Å². The van der Waals surface area contributed by atoms with Crippen LogP contribution < -0.4 is 16.1 Å². The van der Waals surface area contributed by atoms with E-state index in [9.17, 15) is 14.4 Å². The second-order valence-corrected chi connectivity index (χ2v) is 10.7. The zero-order chi connectivity index (χ0) is 27.6. The summed E-state index contributed by atoms with van der Waals surface area (Å²) in [5.74, 6) is -2.87. The summed E-state index contributed by atoms with van der Waals surface area (Å²) in [5, 5.41) is 4.74. The molecule has 2 atom stereocenters. The van der Waals surface area contributed by atoms with Crippen LogP contribution in [0.2, 0.25) is 5.02 Å². The number of hydrogen-bond acceptors (Lipinski definition) is 5. The Hall–Kier alpha value is -4.75. The van der Waals surface area contributed by atoms with Crippen LogP contribution in [0.15, 0.2) is 102 Å². The number of anilines is 2. The van der Waals surface area contributed by atoms with E-state index in [-0.39, 0.29) is 17.7 Å². The molecule has 3 amide bonds. The lowest BCUT2D eigenvalue weighted by Gasteiger charge is -2.52. The first-order valence-electron chi connectivity index (χ1n) is 13.0. The van der Waals surface area contributed by atoms with E-state index in [1.165, 1.54) is 4.90 Å². The van der Waals surface area contributed by atoms with Crippen molar-refractivity contribution in [3.63, 3.8) is 0 Å². The first-order chi connectivity index (χ1) is 19.4. The Morgan fingerprint density at radius 3 is 2.12 bits per heavy atom. The van der Waals surface area contributed by atoms with Crippen molar-refractivity contribution in [3.05, 3.63) is 130 Å². The van der Waals surface area contributed by atoms with Crippen molar-refractivity contribution in [2.75, 3.05) is 10.6 Å². The lowest BCUT2D eigenvalue weighted by atomic mass is 9.47. The van der Waals surface area contributed by atoms with E-state index >= 15 is 0 Å². The number of nitrogens with one attached hydrogen (secondary N) is 1. The van der Waals surface area contributed by atoms with Gasteiger partial charge in [-0.15, -0.1) is 0 Å². The second-order valence-electron chi connectivity index (χ2n) is 10.3. The highest BCUT2D eigenvalue weighted by atomic mass is 35.5. The highest BCUT2D eigenvalue weighted by Crippen LogP contribution is 2.63. The van der Waals surface area contributed by atoms with E-state index in [1.54, 1.807) is 54.7 Å². The summed E-state index contributed by atoms with van der Waals surface area (Å²) in [6, 6.07) is 29.3. The van der Waals surface area contributed by atoms with Gasteiger partial charge in [-0.1, -0.05) is 84.4 Å². The zero-order valence-corrected chi connectivity index (χ0v) is 21.9. The standard InChI is InChI=1S/C32H23ClN4O3/c33-23-14-6-8-16-25(23)37-30(39)27-26-18-9-1-4-12-21(18)32(28(27)31(37)40,22-13-5-2-10-19(22)26)17-35-36-29(38)20-11-3-7-15-24(20)34/h1-17,26-28H,34H2,(H,36,38)/b35-17+/t26?,27-,28+,32?/m1/s1. The molecule has 4 aromatic rings. The van der Waals surface area contributed by atoms with Gasteiger partial charge in [0.05, 0.1) is 33.5 Å². The number of rotatable bonds is 4. The number of nitrogens with zero attached hydrogens (tertiary/aromatic N) is 2. The molecular weight excluding hydrogens is 524 g/mol. The van der Waals surface area contributed by atoms with E-state index in [0.29, 0.717) is 22.0 Å². The molecule has 8 heteroatoms. The third-order valence-electron chi connectivity index (χ3n) is 8.42. The molecule has 3 aliphatic carbocycles. The van der Waals surface area contributed by atoms with Gasteiger partial charge in [-0.05, 0) is 46.5 Å². The van der Waals surface area contributed by atoms with E-state index in [2.05, 4.69) is 10.5 Å². The molecule has 3 N–H and O–H groups in total. The van der Waals surface area contributed by atoms with Crippen LogP contribution in [0.3, 0.4) is 0 Å². The van der Waals surface area contributed by atoms with Crippen LogP contribution in [0.1, 0.15) is 38.5 Å². The molecule has 196 valence electrons. The number of nitrogen functional groups attached to an aromatic ring is 1. The fourth-order valence-corrected chi connectivity index (χ4v) is 7.10. The lowest BCUT2D eigenvalue weighted by molar-refractivity contribution is -0.122. The molecule has 0 aromatic heterocycles. The maximum absolute atomic E-state index is 14.4. The molecule has 8 rings (SSSR count). The molecule has 0 unspecified atom stereocenters. The van der Waals surface area contributed by atoms with Crippen molar-refractivity contribution in [1.82, 2.24) is 5.43 Å². The number of imide groups is 1. The van der Waals surface area contributed by atoms with Gasteiger partial charge in [-0.3, -0.25) is 14.4 Å². The van der Waals surface area contributed by atoms with Crippen LogP contribution in [0.5, 0.6) is 0 Å². The third kappa shape index (κ3) is 3.18. The summed E-state index contributed by atoms with van der Waals surface area (Å²) in [6.45, 7) is 0. The monoisotopic (exact) mass is 546 g/mol. The summed E-state index contributed by atoms with van der Waals surface area (Å²) in [4.78, 5) is 42.7. The molecule has 7 nitrogen and oxygen atoms in total. The predicted octanol–water partition coefficient (Wildman–Crippen LogP) is 4.89. The van der Waals surface area contributed by atoms with Gasteiger partial charge in [0.2, 0.25) is 11.8 Å². The Morgan fingerprint density at radius 1 is 0.850 bits per heavy atom. The SMILES string of the molecule is Nc1ccccc1C(=O)N/N=C/C12c3ccccc3C(c3ccccc31)[C@H]1C(=O)N(c3ccccc3Cl)C(=O)[C@H]12. The summed E-state index contributed by atoms with van der Waals surface area (Å²) in [5.41, 5.74) is 12.2. The average Bonchev–Trinajstić information content (AvgIpc) is 3.24. The van der Waals surface area contributed by atoms with Gasteiger partial charge in [0.15, 0.2) is 0 Å². The smallest absolute Gasteiger partial charge is 0.273 e. The Labute approximate surface area is 235 Å². The molecule has 0 spiro atoms. The van der Waals surface area contributed by atoms with Crippen molar-refractivity contribution in [1.29, 1.82) is 0 Å². The number of carbonyl (C=O) groups excluding carboxylic acids is 3. The second kappa shape index (κ2) is 8.89. The molecule has 1 heterocycles. The van der Waals surface area contributed by atoms with Crippen molar-refractivity contribution >= 4 is 46.9 Å². The molecule has 2 bridgehead atoms. The van der Waals surface area contributed by atoms with Crippen LogP contribution in [0, 0.1) is 11.8 Å². The van der Waals surface area contributed by atoms with Crippen LogP contribution in [-0.2, 0) is 15.0 Å². The van der Waals surface area contributed by atoms with Crippen molar-refractivity contribution in [2.24, 2.45) is 16.9 Å². The summed E-state index contributed by atoms with van der Waals surface area (Å²) < 4.78 is 0. The van der Waals surface area contributed by atoms with Gasteiger partial charge in [-0.25, -0.2) is 10.3 Å². The summed E-state index contributed by atoms with van der Waals surface area (Å²) in [6.07, 6.45) is 1.62. The number of halogens is 1. The van der Waals surface area contributed by atoms with E-state index in [4.69, 9.17) is 17.3 Å². The van der Waals surface area contributed by atoms with Crippen molar-refractivity contribution in [3.8, 4) is 0 Å². The maximum Gasteiger partial charge on any atom is 0.273 e. The van der Waals surface area contributed by atoms with Crippen LogP contribution in [0.4, 0.5) is 11.4 Å². The van der Waals surface area contributed by atoms with Crippen LogP contribution in [0.25, 0.3) is 0 Å². The van der Waals surface area contributed by atoms with Gasteiger partial charge in [0, 0.05) is 17.8 Å². The molecular formula is C32H23ClN4O3. The number of hydrogen-bond donors (Lipinski definition) is 2. The minimum Gasteiger partial charge on any atom is -0.398 e. The Kier molecular flexibility index (Phi) is 5.40. The minimum atomic E-state index is -1.11. The topological polar surface area (TPSA) is 105 Å². The van der Waals surface area contributed by atoms with E-state index in [1.807, 2.05) is 48.5 Å². The van der Waals surface area contributed by atoms with Gasteiger partial charge >= 0.3 is 0 Å². The quantitative estimate of drug-likeness (QED) is 0.164. The average molecular weight is 547 g/mol. The van der Waals surface area contributed by atoms with Crippen molar-refractivity contribution in [2.45, 2.75) is 11.3 Å². The number of carbonyl (C=O) groups is 3. The fourth-order valence-electron chi connectivity index (χ4n) is 6.88. The molecule has 0 saturated carbocycles. The third-order valence-corrected chi connectivity index (χ3v) is 8.74. The molecule has 1 saturated heterocycles. The normalized spacial score (nSPS) is 24.1. The number of amides is 3. The molecule has 40 heavy (non-hydrogen) atoms. The summed E-state index contributed by atoms with van der Waals surface area (Å²) >= 11 is 6.49. The largest absolute Gasteiger partial charge is 0.398 e. The Morgan fingerprint density at radius 2 is 1.45 bits per heavy atom. The van der Waals surface area contributed by atoms with Gasteiger partial charge in [0.1, 0.15) is 0 Å². The van der Waals surface area contributed by atoms with Gasteiger partial charge in [0.25, 0.3) is 5.91 Å². The van der Waals surface area contributed by atoms with Crippen LogP contribution >= 0.6 is 11.6 Å². The van der Waals surface area contributed by atoms with Gasteiger partial charge < -0.3 is 5.73 Å². The maximum atomic E-state index is 14.4. The molecule has 1 aliphatic heterocycles. The number of nitrogens with two attached hydrogens (primary N) is 1. The lowest BCUT2D eigenvalue weighted by Crippen LogP contribution is -2.54. The molecule has 4 aromatic carbocycles. The summed E-state index contributed by atoms with van der Waals surface area (Å²) in [7, 11) is 0. The number of benzene rings is 4. The van der Waals surface area contributed by atoms with Gasteiger partial charge in [-0.2, -0.15) is 5.10 Å². The zero-order valence-electron chi connectivity index (χ0n) is 21.1. The minimum absolute atomic E-state index is 0.292. The predicted molar refractivity (Wildman–Crippen MR) is 153 cm³/mol. The highest BCUT2D eigenvalue weighted by Gasteiger charge is 2.68. The highest BCUT2D eigenvalue weighted by molar-refractivity contribution is 6.36. The van der Waals surface area contributed by atoms with Crippen LogP contribution in [-0.4, -0.2) is 23.9 Å². The van der Waals surface area contributed by atoms with Crippen molar-refractivity contribution < 1.29 is 14.4 Å². The first-order valence-corrected chi connectivity index (χ1v) is 13.3. The Bertz CT molecular complexity index is 1720. The number of hydrazone groups is 1. The molecule has 4 aliphatic rings. The first kappa shape index (κ1) is 24.3. The van der Waals surface area contributed by atoms with E-state index in [0.717, 1.165) is 22.3 Å². The molecule has 0 radical (unpaired) electrons.